The van der Waals surface area contributed by atoms with Crippen LogP contribution in [0.15, 0.2) is 18.2 Å². The van der Waals surface area contributed by atoms with Crippen LogP contribution in [0.4, 0.5) is 0 Å². The highest BCUT2D eigenvalue weighted by atomic mass is 35.5. The van der Waals surface area contributed by atoms with Gasteiger partial charge in [-0.05, 0) is 37.0 Å². The first-order valence-electron chi connectivity index (χ1n) is 5.42. The van der Waals surface area contributed by atoms with Crippen LogP contribution in [0.2, 0.25) is 10.0 Å². The zero-order valence-corrected chi connectivity index (χ0v) is 11.1. The molecular formula is C13H15Cl2N. The van der Waals surface area contributed by atoms with Crippen LogP contribution < -0.4 is 0 Å². The maximum Gasteiger partial charge on any atom is 0.0693 e. The summed E-state index contributed by atoms with van der Waals surface area (Å²) in [5, 5.41) is 10.6. The summed E-state index contributed by atoms with van der Waals surface area (Å²) in [5.74, 6) is 0. The van der Waals surface area contributed by atoms with Gasteiger partial charge in [0.1, 0.15) is 0 Å². The highest BCUT2D eigenvalue weighted by Gasteiger charge is 2.28. The number of hydrogen-bond donors (Lipinski definition) is 0. The Morgan fingerprint density at radius 1 is 1.19 bits per heavy atom. The molecule has 0 saturated heterocycles. The van der Waals surface area contributed by atoms with Gasteiger partial charge in [0.2, 0.25) is 0 Å². The Morgan fingerprint density at radius 3 is 2.06 bits per heavy atom. The molecule has 1 nitrogen and oxygen atoms in total. The lowest BCUT2D eigenvalue weighted by Gasteiger charge is -2.24. The van der Waals surface area contributed by atoms with Crippen LogP contribution in [0.3, 0.4) is 0 Å². The number of rotatable bonds is 4. The number of hydrogen-bond acceptors (Lipinski definition) is 1. The molecule has 0 N–H and O–H groups in total. The fraction of sp³-hybridized carbons (Fsp3) is 0.462. The minimum atomic E-state index is -0.353. The van der Waals surface area contributed by atoms with Gasteiger partial charge in [0, 0.05) is 10.0 Å². The van der Waals surface area contributed by atoms with E-state index in [2.05, 4.69) is 6.07 Å². The summed E-state index contributed by atoms with van der Waals surface area (Å²) < 4.78 is 0. The van der Waals surface area contributed by atoms with Gasteiger partial charge in [-0.2, -0.15) is 5.26 Å². The molecule has 0 aliphatic rings. The Bertz CT molecular complexity index is 383. The molecule has 0 fully saturated rings. The van der Waals surface area contributed by atoms with Crippen LogP contribution in [0.1, 0.15) is 32.3 Å². The molecule has 1 rings (SSSR count). The second-order valence-electron chi connectivity index (χ2n) is 3.98. The van der Waals surface area contributed by atoms with Gasteiger partial charge in [0.05, 0.1) is 11.5 Å². The lowest BCUT2D eigenvalue weighted by molar-refractivity contribution is 0.363. The van der Waals surface area contributed by atoms with Crippen LogP contribution in [-0.4, -0.2) is 0 Å². The van der Waals surface area contributed by atoms with E-state index in [0.29, 0.717) is 16.5 Å². The molecule has 0 unspecified atom stereocenters. The number of nitrogens with zero attached hydrogens (tertiary/aromatic N) is 1. The Labute approximate surface area is 107 Å². The third-order valence-corrected chi connectivity index (χ3v) is 3.88. The van der Waals surface area contributed by atoms with Crippen molar-refractivity contribution in [2.45, 2.75) is 33.1 Å². The summed E-state index contributed by atoms with van der Waals surface area (Å²) in [4.78, 5) is 0. The van der Waals surface area contributed by atoms with Gasteiger partial charge in [-0.1, -0.05) is 43.1 Å². The zero-order valence-electron chi connectivity index (χ0n) is 9.56. The van der Waals surface area contributed by atoms with Gasteiger partial charge in [-0.3, -0.25) is 0 Å². The van der Waals surface area contributed by atoms with Crippen LogP contribution in [-0.2, 0) is 6.42 Å². The molecule has 0 amide bonds. The molecule has 0 aliphatic heterocycles. The topological polar surface area (TPSA) is 23.8 Å². The Morgan fingerprint density at radius 2 is 1.69 bits per heavy atom. The molecule has 16 heavy (non-hydrogen) atoms. The highest BCUT2D eigenvalue weighted by molar-refractivity contribution is 6.36. The highest BCUT2D eigenvalue weighted by Crippen LogP contribution is 2.35. The van der Waals surface area contributed by atoms with Gasteiger partial charge in [0.15, 0.2) is 0 Å². The minimum Gasteiger partial charge on any atom is -0.198 e. The van der Waals surface area contributed by atoms with E-state index >= 15 is 0 Å². The van der Waals surface area contributed by atoms with Gasteiger partial charge in [-0.25, -0.2) is 0 Å². The van der Waals surface area contributed by atoms with Crippen molar-refractivity contribution >= 4 is 23.2 Å². The molecule has 0 bridgehead atoms. The van der Waals surface area contributed by atoms with E-state index in [4.69, 9.17) is 23.2 Å². The second-order valence-corrected chi connectivity index (χ2v) is 4.79. The van der Waals surface area contributed by atoms with E-state index in [1.165, 1.54) is 0 Å². The van der Waals surface area contributed by atoms with Gasteiger partial charge in [0.25, 0.3) is 0 Å². The fourth-order valence-corrected chi connectivity index (χ4v) is 2.27. The van der Waals surface area contributed by atoms with Crippen molar-refractivity contribution in [2.75, 3.05) is 0 Å². The maximum atomic E-state index is 9.28. The average molecular weight is 256 g/mol. The summed E-state index contributed by atoms with van der Waals surface area (Å²) in [6.07, 6.45) is 2.23. The molecule has 1 aromatic carbocycles. The summed E-state index contributed by atoms with van der Waals surface area (Å²) in [6.45, 7) is 4.05. The van der Waals surface area contributed by atoms with Crippen LogP contribution in [0.25, 0.3) is 0 Å². The van der Waals surface area contributed by atoms with Crippen molar-refractivity contribution in [2.24, 2.45) is 5.41 Å². The normalized spacial score (nSPS) is 11.2. The van der Waals surface area contributed by atoms with Gasteiger partial charge in [-0.15, -0.1) is 0 Å². The van der Waals surface area contributed by atoms with Crippen molar-refractivity contribution in [1.29, 1.82) is 5.26 Å². The van der Waals surface area contributed by atoms with Crippen molar-refractivity contribution in [3.8, 4) is 6.07 Å². The monoisotopic (exact) mass is 255 g/mol. The molecule has 0 spiro atoms. The Hall–Kier alpha value is -0.710. The molecular weight excluding hydrogens is 241 g/mol. The first-order valence-corrected chi connectivity index (χ1v) is 6.18. The molecule has 0 saturated carbocycles. The van der Waals surface area contributed by atoms with E-state index in [1.54, 1.807) is 0 Å². The predicted octanol–water partition coefficient (Wildman–Crippen LogP) is 4.87. The van der Waals surface area contributed by atoms with Crippen molar-refractivity contribution in [3.05, 3.63) is 33.8 Å². The largest absolute Gasteiger partial charge is 0.198 e. The second kappa shape index (κ2) is 5.57. The number of nitriles is 1. The average Bonchev–Trinajstić information content (AvgIpc) is 2.30. The van der Waals surface area contributed by atoms with Crippen LogP contribution in [0, 0.1) is 16.7 Å². The van der Waals surface area contributed by atoms with Crippen molar-refractivity contribution < 1.29 is 0 Å². The molecule has 86 valence electrons. The quantitative estimate of drug-likeness (QED) is 0.754. The molecule has 0 atom stereocenters. The number of halogens is 2. The lowest BCUT2D eigenvalue weighted by Crippen LogP contribution is -2.20. The maximum absolute atomic E-state index is 9.28. The summed E-state index contributed by atoms with van der Waals surface area (Å²) in [5.41, 5.74) is 0.533. The predicted molar refractivity (Wildman–Crippen MR) is 68.8 cm³/mol. The van der Waals surface area contributed by atoms with E-state index in [0.717, 1.165) is 18.4 Å². The number of benzene rings is 1. The van der Waals surface area contributed by atoms with E-state index in [1.807, 2.05) is 32.0 Å². The molecule has 0 aromatic heterocycles. The fourth-order valence-electron chi connectivity index (χ4n) is 1.74. The molecule has 0 aliphatic carbocycles. The third-order valence-electron chi connectivity index (χ3n) is 3.17. The van der Waals surface area contributed by atoms with Gasteiger partial charge < -0.3 is 0 Å². The van der Waals surface area contributed by atoms with Crippen molar-refractivity contribution in [1.82, 2.24) is 0 Å². The smallest absolute Gasteiger partial charge is 0.0693 e. The first kappa shape index (κ1) is 13.4. The lowest BCUT2D eigenvalue weighted by atomic mass is 9.78. The minimum absolute atomic E-state index is 0.353. The SMILES string of the molecule is CCC(C#N)(CC)Cc1c(Cl)cccc1Cl. The Kier molecular flexibility index (Phi) is 4.65. The van der Waals surface area contributed by atoms with E-state index in [9.17, 15) is 5.26 Å². The molecule has 3 heteroatoms. The van der Waals surface area contributed by atoms with E-state index < -0.39 is 0 Å². The van der Waals surface area contributed by atoms with Crippen molar-refractivity contribution in [3.63, 3.8) is 0 Å². The summed E-state index contributed by atoms with van der Waals surface area (Å²) in [7, 11) is 0. The molecule has 0 radical (unpaired) electrons. The zero-order chi connectivity index (χ0) is 12.2. The third kappa shape index (κ3) is 2.70. The van der Waals surface area contributed by atoms with Gasteiger partial charge >= 0.3 is 0 Å². The van der Waals surface area contributed by atoms with E-state index in [-0.39, 0.29) is 5.41 Å². The Balaban J connectivity index is 3.08. The van der Waals surface area contributed by atoms with Crippen LogP contribution in [0.5, 0.6) is 0 Å². The summed E-state index contributed by atoms with van der Waals surface area (Å²) in [6, 6.07) is 7.85. The molecule has 1 aromatic rings. The van der Waals surface area contributed by atoms with Crippen LogP contribution >= 0.6 is 23.2 Å². The summed E-state index contributed by atoms with van der Waals surface area (Å²) >= 11 is 12.2. The molecule has 0 heterocycles. The standard InChI is InChI=1S/C13H15Cl2N/c1-3-13(4-2,9-16)8-10-11(14)6-5-7-12(10)15/h5-7H,3-4,8H2,1-2H3. The first-order chi connectivity index (χ1) is 7.58.